The molecule has 1 aromatic rings. The van der Waals surface area contributed by atoms with Crippen molar-refractivity contribution in [2.75, 3.05) is 57.9 Å². The lowest BCUT2D eigenvalue weighted by molar-refractivity contribution is 0.104. The van der Waals surface area contributed by atoms with Crippen LogP contribution in [0.4, 0.5) is 5.13 Å². The third-order valence-electron chi connectivity index (χ3n) is 6.10. The molecule has 0 radical (unpaired) electrons. The lowest BCUT2D eigenvalue weighted by Crippen LogP contribution is -2.53. The molecule has 1 saturated heterocycles. The minimum Gasteiger partial charge on any atom is -0.382 e. The topological polar surface area (TPSA) is 65.9 Å². The largest absolute Gasteiger partial charge is 0.382 e. The van der Waals surface area contributed by atoms with Crippen LogP contribution in [0.3, 0.4) is 0 Å². The van der Waals surface area contributed by atoms with Crippen molar-refractivity contribution < 1.29 is 4.74 Å². The van der Waals surface area contributed by atoms with E-state index in [9.17, 15) is 0 Å². The first-order chi connectivity index (χ1) is 13.7. The third kappa shape index (κ3) is 5.35. The summed E-state index contributed by atoms with van der Waals surface area (Å²) in [6, 6.07) is 0. The summed E-state index contributed by atoms with van der Waals surface area (Å²) in [6.07, 6.45) is 7.33. The average Bonchev–Trinajstić information content (AvgIpc) is 3.39. The number of hydrogen-bond donors (Lipinski definition) is 1. The Bertz CT molecular complexity index is 620. The second-order valence-corrected chi connectivity index (χ2v) is 8.61. The number of hydrogen-bond acceptors (Lipinski definition) is 6. The average molecular weight is 409 g/mol. The zero-order valence-corrected chi connectivity index (χ0v) is 18.6. The van der Waals surface area contributed by atoms with E-state index in [0.717, 1.165) is 75.7 Å². The van der Waals surface area contributed by atoms with Crippen molar-refractivity contribution in [1.82, 2.24) is 19.6 Å². The predicted octanol–water partition coefficient (Wildman–Crippen LogP) is 2.78. The summed E-state index contributed by atoms with van der Waals surface area (Å²) in [7, 11) is 1.90. The van der Waals surface area contributed by atoms with Gasteiger partial charge in [-0.15, -0.1) is 0 Å². The van der Waals surface area contributed by atoms with E-state index in [0.29, 0.717) is 5.41 Å². The normalized spacial score (nSPS) is 20.0. The van der Waals surface area contributed by atoms with Crippen molar-refractivity contribution in [2.45, 2.75) is 52.4 Å². The second-order valence-electron chi connectivity index (χ2n) is 7.88. The van der Waals surface area contributed by atoms with E-state index in [2.05, 4.69) is 43.3 Å². The molecule has 28 heavy (non-hydrogen) atoms. The van der Waals surface area contributed by atoms with Crippen LogP contribution in [-0.2, 0) is 11.2 Å². The maximum Gasteiger partial charge on any atom is 0.205 e. The zero-order valence-electron chi connectivity index (χ0n) is 17.7. The molecular formula is C20H36N6OS. The molecule has 0 spiro atoms. The number of piperazine rings is 1. The molecule has 1 aliphatic carbocycles. The van der Waals surface area contributed by atoms with Crippen LogP contribution in [0, 0.1) is 5.41 Å². The van der Waals surface area contributed by atoms with Crippen molar-refractivity contribution in [3.05, 3.63) is 5.82 Å². The van der Waals surface area contributed by atoms with Crippen LogP contribution in [0.25, 0.3) is 0 Å². The Morgan fingerprint density at radius 2 is 1.96 bits per heavy atom. The first kappa shape index (κ1) is 21.3. The lowest BCUT2D eigenvalue weighted by atomic mass is 9.83. The van der Waals surface area contributed by atoms with Crippen LogP contribution in [0.2, 0.25) is 0 Å². The SMILES string of the molecule is CCOCCC1(CNC(=NC)N2CCN(c3nc(CC)ns3)CC2)CCCC1. The van der Waals surface area contributed by atoms with Gasteiger partial charge < -0.3 is 19.9 Å². The monoisotopic (exact) mass is 408 g/mol. The molecule has 0 bridgehead atoms. The van der Waals surface area contributed by atoms with Gasteiger partial charge in [0.2, 0.25) is 5.13 Å². The number of rotatable bonds is 8. The fourth-order valence-corrected chi connectivity index (χ4v) is 5.10. The highest BCUT2D eigenvalue weighted by molar-refractivity contribution is 7.09. The highest BCUT2D eigenvalue weighted by Gasteiger charge is 2.34. The van der Waals surface area contributed by atoms with Gasteiger partial charge in [-0.2, -0.15) is 4.37 Å². The number of anilines is 1. The van der Waals surface area contributed by atoms with Crippen LogP contribution in [0.5, 0.6) is 0 Å². The Kier molecular flexibility index (Phi) is 7.91. The van der Waals surface area contributed by atoms with Crippen LogP contribution in [-0.4, -0.2) is 73.2 Å². The summed E-state index contributed by atoms with van der Waals surface area (Å²) >= 11 is 1.52. The number of ether oxygens (including phenoxy) is 1. The third-order valence-corrected chi connectivity index (χ3v) is 6.92. The molecule has 0 atom stereocenters. The Balaban J connectivity index is 1.50. The summed E-state index contributed by atoms with van der Waals surface area (Å²) in [5.41, 5.74) is 0.371. The molecule has 0 unspecified atom stereocenters. The molecular weight excluding hydrogens is 372 g/mol. The molecule has 7 nitrogen and oxygen atoms in total. The van der Waals surface area contributed by atoms with Crippen molar-refractivity contribution in [2.24, 2.45) is 10.4 Å². The van der Waals surface area contributed by atoms with Gasteiger partial charge in [0.1, 0.15) is 5.82 Å². The molecule has 3 rings (SSSR count). The van der Waals surface area contributed by atoms with Crippen molar-refractivity contribution in [3.63, 3.8) is 0 Å². The first-order valence-electron chi connectivity index (χ1n) is 10.8. The van der Waals surface area contributed by atoms with Crippen LogP contribution in [0.15, 0.2) is 4.99 Å². The number of nitrogens with zero attached hydrogens (tertiary/aromatic N) is 5. The molecule has 1 saturated carbocycles. The van der Waals surface area contributed by atoms with E-state index in [1.54, 1.807) is 0 Å². The number of nitrogens with one attached hydrogen (secondary N) is 1. The number of aliphatic imine (C=N–C) groups is 1. The van der Waals surface area contributed by atoms with Crippen molar-refractivity contribution in [3.8, 4) is 0 Å². The molecule has 158 valence electrons. The van der Waals surface area contributed by atoms with Gasteiger partial charge >= 0.3 is 0 Å². The fraction of sp³-hybridized carbons (Fsp3) is 0.850. The Morgan fingerprint density at radius 1 is 1.21 bits per heavy atom. The molecule has 0 amide bonds. The summed E-state index contributed by atoms with van der Waals surface area (Å²) < 4.78 is 10.1. The van der Waals surface area contributed by atoms with Crippen LogP contribution in [0.1, 0.15) is 51.8 Å². The highest BCUT2D eigenvalue weighted by Crippen LogP contribution is 2.40. The molecule has 1 aromatic heterocycles. The maximum absolute atomic E-state index is 5.65. The first-order valence-corrected chi connectivity index (χ1v) is 11.6. The standard InChI is InChI=1S/C20H36N6OS/c1-4-17-23-19(28-24-17)26-13-11-25(12-14-26)18(21-3)22-16-20(8-6-7-9-20)10-15-27-5-2/h4-16H2,1-3H3,(H,21,22). The van der Waals surface area contributed by atoms with E-state index in [1.807, 2.05) is 7.05 Å². The van der Waals surface area contributed by atoms with Gasteiger partial charge in [-0.05, 0) is 31.6 Å². The molecule has 2 fully saturated rings. The Morgan fingerprint density at radius 3 is 2.57 bits per heavy atom. The molecule has 0 aromatic carbocycles. The molecule has 1 N–H and O–H groups in total. The van der Waals surface area contributed by atoms with Gasteiger partial charge in [0.25, 0.3) is 0 Å². The smallest absolute Gasteiger partial charge is 0.205 e. The maximum atomic E-state index is 5.65. The molecule has 2 aliphatic rings. The summed E-state index contributed by atoms with van der Waals surface area (Å²) in [4.78, 5) is 13.9. The Labute approximate surface area is 173 Å². The van der Waals surface area contributed by atoms with Crippen LogP contribution < -0.4 is 10.2 Å². The number of guanidine groups is 1. The zero-order chi connectivity index (χ0) is 19.8. The van der Waals surface area contributed by atoms with Gasteiger partial charge in [0.15, 0.2) is 5.96 Å². The van der Waals surface area contributed by atoms with E-state index in [-0.39, 0.29) is 0 Å². The number of aryl methyl sites for hydroxylation is 1. The summed E-state index contributed by atoms with van der Waals surface area (Å²) in [5.74, 6) is 1.99. The van der Waals surface area contributed by atoms with Gasteiger partial charge in [-0.1, -0.05) is 19.8 Å². The van der Waals surface area contributed by atoms with Crippen molar-refractivity contribution in [1.29, 1.82) is 0 Å². The predicted molar refractivity (Wildman–Crippen MR) is 116 cm³/mol. The van der Waals surface area contributed by atoms with Gasteiger partial charge in [-0.25, -0.2) is 4.98 Å². The fourth-order valence-electron chi connectivity index (χ4n) is 4.30. The minimum atomic E-state index is 0.371. The van der Waals surface area contributed by atoms with E-state index in [4.69, 9.17) is 4.74 Å². The summed E-state index contributed by atoms with van der Waals surface area (Å²) in [5, 5.41) is 4.75. The molecule has 2 heterocycles. The molecule has 1 aliphatic heterocycles. The van der Waals surface area contributed by atoms with E-state index < -0.39 is 0 Å². The van der Waals surface area contributed by atoms with Gasteiger partial charge in [0, 0.05) is 70.9 Å². The summed E-state index contributed by atoms with van der Waals surface area (Å²) in [6.45, 7) is 10.7. The minimum absolute atomic E-state index is 0.371. The quantitative estimate of drug-likeness (QED) is 0.405. The lowest BCUT2D eigenvalue weighted by Gasteiger charge is -2.37. The van der Waals surface area contributed by atoms with Crippen molar-refractivity contribution >= 4 is 22.6 Å². The van der Waals surface area contributed by atoms with E-state index >= 15 is 0 Å². The number of aromatic nitrogens is 2. The highest BCUT2D eigenvalue weighted by atomic mass is 32.1. The second kappa shape index (κ2) is 10.4. The van der Waals surface area contributed by atoms with Gasteiger partial charge in [-0.3, -0.25) is 4.99 Å². The van der Waals surface area contributed by atoms with E-state index in [1.165, 1.54) is 37.2 Å². The van der Waals surface area contributed by atoms with Crippen LogP contribution >= 0.6 is 11.5 Å². The Hall–Kier alpha value is -1.41. The van der Waals surface area contributed by atoms with Gasteiger partial charge in [0.05, 0.1) is 0 Å². The molecule has 8 heteroatoms.